The molecule has 0 N–H and O–H groups in total. The van der Waals surface area contributed by atoms with E-state index in [2.05, 4.69) is 0 Å². The largest absolute Gasteiger partial charge is 0.460 e. The summed E-state index contributed by atoms with van der Waals surface area (Å²) in [5.41, 5.74) is 1.71. The van der Waals surface area contributed by atoms with Crippen molar-refractivity contribution >= 4 is 28.6 Å². The number of benzene rings is 1. The normalized spacial score (nSPS) is 19.5. The molecule has 3 heteroatoms. The molecule has 1 aliphatic carbocycles. The van der Waals surface area contributed by atoms with Gasteiger partial charge < -0.3 is 4.42 Å². The third-order valence-electron chi connectivity index (χ3n) is 2.62. The minimum atomic E-state index is -0.937. The highest BCUT2D eigenvalue weighted by molar-refractivity contribution is 6.31. The van der Waals surface area contributed by atoms with Crippen molar-refractivity contribution in [3.8, 4) is 0 Å². The van der Waals surface area contributed by atoms with Crippen molar-refractivity contribution in [2.45, 2.75) is 12.6 Å². The van der Waals surface area contributed by atoms with Crippen molar-refractivity contribution in [1.29, 1.82) is 0 Å². The number of alkyl halides is 1. The van der Waals surface area contributed by atoms with Crippen LogP contribution in [0.5, 0.6) is 0 Å². The molecule has 0 spiro atoms. The molecule has 0 saturated carbocycles. The molecule has 1 aromatic carbocycles. The molecule has 1 nitrogen and oxygen atoms in total. The van der Waals surface area contributed by atoms with Gasteiger partial charge in [-0.05, 0) is 18.2 Å². The van der Waals surface area contributed by atoms with Gasteiger partial charge in [0.1, 0.15) is 17.5 Å². The van der Waals surface area contributed by atoms with Gasteiger partial charge in [-0.1, -0.05) is 17.7 Å². The molecular weight excluding hydrogens is 215 g/mol. The van der Waals surface area contributed by atoms with Crippen LogP contribution in [0.3, 0.4) is 0 Å². The van der Waals surface area contributed by atoms with Crippen molar-refractivity contribution in [2.75, 3.05) is 0 Å². The summed E-state index contributed by atoms with van der Waals surface area (Å²) < 4.78 is 18.7. The SMILES string of the molecule is FC1C=Cc2c(oc3cc(Cl)ccc23)C1. The summed E-state index contributed by atoms with van der Waals surface area (Å²) in [6.07, 6.45) is 2.72. The van der Waals surface area contributed by atoms with Gasteiger partial charge in [0.15, 0.2) is 0 Å². The highest BCUT2D eigenvalue weighted by Crippen LogP contribution is 2.32. The lowest BCUT2D eigenvalue weighted by Crippen LogP contribution is -2.04. The maximum absolute atomic E-state index is 13.1. The molecule has 3 rings (SSSR count). The molecule has 15 heavy (non-hydrogen) atoms. The molecule has 1 aromatic heterocycles. The van der Waals surface area contributed by atoms with E-state index in [9.17, 15) is 4.39 Å². The second kappa shape index (κ2) is 3.11. The maximum atomic E-state index is 13.1. The first-order valence-electron chi connectivity index (χ1n) is 4.77. The third-order valence-corrected chi connectivity index (χ3v) is 2.85. The van der Waals surface area contributed by atoms with Crippen LogP contribution in [-0.4, -0.2) is 6.17 Å². The van der Waals surface area contributed by atoms with E-state index in [1.54, 1.807) is 18.2 Å². The fraction of sp³-hybridized carbons (Fsp3) is 0.167. The van der Waals surface area contributed by atoms with Crippen LogP contribution in [0.25, 0.3) is 17.0 Å². The minimum Gasteiger partial charge on any atom is -0.460 e. The highest BCUT2D eigenvalue weighted by Gasteiger charge is 2.19. The lowest BCUT2D eigenvalue weighted by molar-refractivity contribution is 0.371. The Kier molecular flexibility index (Phi) is 1.86. The summed E-state index contributed by atoms with van der Waals surface area (Å²) in [5, 5.41) is 1.63. The Balaban J connectivity index is 2.29. The van der Waals surface area contributed by atoms with Crippen molar-refractivity contribution in [2.24, 2.45) is 0 Å². The minimum absolute atomic E-state index is 0.318. The number of hydrogen-bond acceptors (Lipinski definition) is 1. The van der Waals surface area contributed by atoms with Gasteiger partial charge in [0, 0.05) is 28.5 Å². The third kappa shape index (κ3) is 1.37. The van der Waals surface area contributed by atoms with Gasteiger partial charge in [-0.2, -0.15) is 0 Å². The number of furan rings is 1. The Hall–Kier alpha value is -1.28. The quantitative estimate of drug-likeness (QED) is 0.657. The zero-order valence-corrected chi connectivity index (χ0v) is 8.59. The number of hydrogen-bond donors (Lipinski definition) is 0. The summed E-state index contributed by atoms with van der Waals surface area (Å²) in [6.45, 7) is 0. The molecule has 0 bridgehead atoms. The lowest BCUT2D eigenvalue weighted by Gasteiger charge is -2.06. The first kappa shape index (κ1) is 8.98. The second-order valence-electron chi connectivity index (χ2n) is 3.66. The van der Waals surface area contributed by atoms with Crippen molar-refractivity contribution in [3.05, 3.63) is 40.6 Å². The average molecular weight is 223 g/mol. The van der Waals surface area contributed by atoms with Gasteiger partial charge in [-0.15, -0.1) is 0 Å². The van der Waals surface area contributed by atoms with E-state index >= 15 is 0 Å². The number of allylic oxidation sites excluding steroid dienone is 1. The predicted octanol–water partition coefficient (Wildman–Crippen LogP) is 3.99. The van der Waals surface area contributed by atoms with E-state index in [0.29, 0.717) is 17.2 Å². The first-order valence-corrected chi connectivity index (χ1v) is 5.15. The van der Waals surface area contributed by atoms with Gasteiger partial charge in [0.2, 0.25) is 0 Å². The molecule has 2 aromatic rings. The van der Waals surface area contributed by atoms with Crippen LogP contribution in [0.15, 0.2) is 28.7 Å². The predicted molar refractivity (Wildman–Crippen MR) is 58.9 cm³/mol. The van der Waals surface area contributed by atoms with Gasteiger partial charge in [0.25, 0.3) is 0 Å². The molecule has 0 fully saturated rings. The molecule has 1 atom stereocenters. The summed E-state index contributed by atoms with van der Waals surface area (Å²) in [4.78, 5) is 0. The fourth-order valence-corrected chi connectivity index (χ4v) is 2.08. The Morgan fingerprint density at radius 3 is 3.13 bits per heavy atom. The Labute approximate surface area is 91.1 Å². The Morgan fingerprint density at radius 1 is 1.40 bits per heavy atom. The molecule has 0 amide bonds. The van der Waals surface area contributed by atoms with Gasteiger partial charge >= 0.3 is 0 Å². The summed E-state index contributed by atoms with van der Waals surface area (Å²) >= 11 is 5.86. The van der Waals surface area contributed by atoms with Crippen LogP contribution in [0.4, 0.5) is 4.39 Å². The van der Waals surface area contributed by atoms with Crippen LogP contribution < -0.4 is 0 Å². The van der Waals surface area contributed by atoms with Crippen LogP contribution >= 0.6 is 11.6 Å². The topological polar surface area (TPSA) is 13.1 Å². The smallest absolute Gasteiger partial charge is 0.136 e. The van der Waals surface area contributed by atoms with Crippen LogP contribution in [-0.2, 0) is 6.42 Å². The first-order chi connectivity index (χ1) is 7.24. The molecule has 0 saturated heterocycles. The van der Waals surface area contributed by atoms with Crippen molar-refractivity contribution in [1.82, 2.24) is 0 Å². The van der Waals surface area contributed by atoms with Gasteiger partial charge in [-0.3, -0.25) is 0 Å². The van der Waals surface area contributed by atoms with Crippen molar-refractivity contribution < 1.29 is 8.81 Å². The average Bonchev–Trinajstić information content (AvgIpc) is 2.53. The number of halogens is 2. The summed E-state index contributed by atoms with van der Waals surface area (Å²) in [7, 11) is 0. The second-order valence-corrected chi connectivity index (χ2v) is 4.10. The Morgan fingerprint density at radius 2 is 2.27 bits per heavy atom. The molecule has 0 radical (unpaired) electrons. The monoisotopic (exact) mass is 222 g/mol. The molecule has 1 heterocycles. The van der Waals surface area contributed by atoms with Crippen LogP contribution in [0.1, 0.15) is 11.3 Å². The summed E-state index contributed by atoms with van der Waals surface area (Å²) in [6, 6.07) is 5.48. The zero-order chi connectivity index (χ0) is 10.4. The molecule has 76 valence electrons. The van der Waals surface area contributed by atoms with E-state index in [4.69, 9.17) is 16.0 Å². The Bertz CT molecular complexity index is 556. The van der Waals surface area contributed by atoms with E-state index in [0.717, 1.165) is 16.5 Å². The van der Waals surface area contributed by atoms with E-state index in [-0.39, 0.29) is 0 Å². The van der Waals surface area contributed by atoms with Crippen molar-refractivity contribution in [3.63, 3.8) is 0 Å². The zero-order valence-electron chi connectivity index (χ0n) is 7.84. The van der Waals surface area contributed by atoms with E-state index < -0.39 is 6.17 Å². The van der Waals surface area contributed by atoms with E-state index in [1.165, 1.54) is 0 Å². The molecular formula is C12H8ClFO. The summed E-state index contributed by atoms with van der Waals surface area (Å²) in [5.74, 6) is 0.710. The fourth-order valence-electron chi connectivity index (χ4n) is 1.92. The molecule has 0 aliphatic heterocycles. The number of rotatable bonds is 0. The van der Waals surface area contributed by atoms with Crippen LogP contribution in [0.2, 0.25) is 5.02 Å². The van der Waals surface area contributed by atoms with Crippen LogP contribution in [0, 0.1) is 0 Å². The van der Waals surface area contributed by atoms with E-state index in [1.807, 2.05) is 12.1 Å². The van der Waals surface area contributed by atoms with Gasteiger partial charge in [-0.25, -0.2) is 4.39 Å². The lowest BCUT2D eigenvalue weighted by atomic mass is 10.0. The number of fused-ring (bicyclic) bond motifs is 3. The standard InChI is InChI=1S/C12H8ClFO/c13-7-1-3-9-10-4-2-8(14)6-12(10)15-11(9)5-7/h1-5,8H,6H2. The highest BCUT2D eigenvalue weighted by atomic mass is 35.5. The van der Waals surface area contributed by atoms with Gasteiger partial charge in [0.05, 0.1) is 0 Å². The molecule has 1 unspecified atom stereocenters. The molecule has 1 aliphatic rings. The maximum Gasteiger partial charge on any atom is 0.136 e.